The highest BCUT2D eigenvalue weighted by molar-refractivity contribution is 5.79. The summed E-state index contributed by atoms with van der Waals surface area (Å²) in [5.74, 6) is 1.26. The quantitative estimate of drug-likeness (QED) is 0.623. The van der Waals surface area contributed by atoms with Crippen LogP contribution in [0.5, 0.6) is 5.75 Å². The van der Waals surface area contributed by atoms with E-state index in [2.05, 4.69) is 35.5 Å². The van der Waals surface area contributed by atoms with Crippen LogP contribution in [0.1, 0.15) is 25.0 Å². The van der Waals surface area contributed by atoms with Crippen molar-refractivity contribution in [3.8, 4) is 5.75 Å². The number of guanidine groups is 1. The first-order valence-corrected chi connectivity index (χ1v) is 8.29. The van der Waals surface area contributed by atoms with Crippen LogP contribution in [-0.4, -0.2) is 26.7 Å². The predicted octanol–water partition coefficient (Wildman–Crippen LogP) is 3.48. The third-order valence-corrected chi connectivity index (χ3v) is 4.18. The summed E-state index contributed by atoms with van der Waals surface area (Å²) in [5.41, 5.74) is 1.66. The topological polar surface area (TPSA) is 45.7 Å². The summed E-state index contributed by atoms with van der Waals surface area (Å²) in [6.45, 7) is 5.36. The van der Waals surface area contributed by atoms with Gasteiger partial charge >= 0.3 is 0 Å². The van der Waals surface area contributed by atoms with Crippen molar-refractivity contribution in [1.82, 2.24) is 10.6 Å². The summed E-state index contributed by atoms with van der Waals surface area (Å²) in [4.78, 5) is 4.21. The molecule has 25 heavy (non-hydrogen) atoms. The molecule has 0 aromatic heterocycles. The van der Waals surface area contributed by atoms with Gasteiger partial charge in [0.25, 0.3) is 0 Å². The lowest BCUT2D eigenvalue weighted by atomic mass is 9.84. The Morgan fingerprint density at radius 2 is 1.88 bits per heavy atom. The maximum atomic E-state index is 13.7. The van der Waals surface area contributed by atoms with E-state index < -0.39 is 0 Å². The smallest absolute Gasteiger partial charge is 0.191 e. The van der Waals surface area contributed by atoms with Gasteiger partial charge in [0.1, 0.15) is 11.6 Å². The van der Waals surface area contributed by atoms with Gasteiger partial charge in [-0.25, -0.2) is 4.39 Å². The molecule has 0 bridgehead atoms. The second-order valence-electron chi connectivity index (χ2n) is 6.49. The van der Waals surface area contributed by atoms with Crippen LogP contribution in [0.4, 0.5) is 4.39 Å². The first kappa shape index (κ1) is 18.8. The van der Waals surface area contributed by atoms with Crippen LogP contribution in [-0.2, 0) is 12.0 Å². The minimum Gasteiger partial charge on any atom is -0.497 e. The summed E-state index contributed by atoms with van der Waals surface area (Å²) < 4.78 is 19.0. The van der Waals surface area contributed by atoms with E-state index in [1.165, 1.54) is 11.6 Å². The molecule has 0 unspecified atom stereocenters. The molecular weight excluding hydrogens is 317 g/mol. The van der Waals surface area contributed by atoms with E-state index in [-0.39, 0.29) is 11.2 Å². The molecule has 0 radical (unpaired) electrons. The Balaban J connectivity index is 1.96. The molecule has 2 N–H and O–H groups in total. The molecule has 0 saturated heterocycles. The minimum absolute atomic E-state index is 0.121. The first-order chi connectivity index (χ1) is 12.0. The summed E-state index contributed by atoms with van der Waals surface area (Å²) in [6, 6.07) is 14.8. The second-order valence-corrected chi connectivity index (χ2v) is 6.49. The zero-order valence-corrected chi connectivity index (χ0v) is 15.3. The van der Waals surface area contributed by atoms with Crippen LogP contribution in [0.25, 0.3) is 0 Å². The molecule has 0 saturated carbocycles. The van der Waals surface area contributed by atoms with Crippen LogP contribution in [0, 0.1) is 5.82 Å². The fourth-order valence-corrected chi connectivity index (χ4v) is 2.49. The van der Waals surface area contributed by atoms with Crippen molar-refractivity contribution in [3.63, 3.8) is 0 Å². The lowest BCUT2D eigenvalue weighted by Crippen LogP contribution is -2.43. The Morgan fingerprint density at radius 3 is 2.56 bits per heavy atom. The number of methoxy groups -OCH3 is 1. The van der Waals surface area contributed by atoms with Gasteiger partial charge in [-0.2, -0.15) is 0 Å². The number of rotatable bonds is 6. The number of benzene rings is 2. The molecule has 0 fully saturated rings. The lowest BCUT2D eigenvalue weighted by molar-refractivity contribution is 0.411. The van der Waals surface area contributed by atoms with Crippen LogP contribution >= 0.6 is 0 Å². The summed E-state index contributed by atoms with van der Waals surface area (Å²) in [6.07, 6.45) is 0. The molecule has 0 aliphatic rings. The van der Waals surface area contributed by atoms with Gasteiger partial charge in [0.2, 0.25) is 0 Å². The number of halogens is 1. The van der Waals surface area contributed by atoms with Gasteiger partial charge in [0.05, 0.1) is 7.11 Å². The first-order valence-electron chi connectivity index (χ1n) is 8.29. The fourth-order valence-electron chi connectivity index (χ4n) is 2.49. The zero-order valence-electron chi connectivity index (χ0n) is 15.3. The van der Waals surface area contributed by atoms with Crippen molar-refractivity contribution in [2.45, 2.75) is 25.8 Å². The largest absolute Gasteiger partial charge is 0.497 e. The van der Waals surface area contributed by atoms with Gasteiger partial charge in [-0.05, 0) is 23.8 Å². The van der Waals surface area contributed by atoms with Crippen LogP contribution < -0.4 is 15.4 Å². The molecule has 5 heteroatoms. The fraction of sp³-hybridized carbons (Fsp3) is 0.350. The average Bonchev–Trinajstić information content (AvgIpc) is 2.63. The number of hydrogen-bond acceptors (Lipinski definition) is 2. The van der Waals surface area contributed by atoms with Gasteiger partial charge in [0, 0.05) is 31.1 Å². The third kappa shape index (κ3) is 5.21. The predicted molar refractivity (Wildman–Crippen MR) is 101 cm³/mol. The number of aliphatic imine (C=N–C) groups is 1. The standard InChI is InChI=1S/C20H26FN3O/c1-20(2,16-9-7-10-17(12-16)25-4)14-24-19(22-3)23-13-15-8-5-6-11-18(15)21/h5-12H,13-14H2,1-4H3,(H2,22,23,24). The van der Waals surface area contributed by atoms with Crippen LogP contribution in [0.15, 0.2) is 53.5 Å². The SMILES string of the molecule is CN=C(NCc1ccccc1F)NCC(C)(C)c1cccc(OC)c1. The Kier molecular flexibility index (Phi) is 6.39. The number of nitrogens with one attached hydrogen (secondary N) is 2. The average molecular weight is 343 g/mol. The highest BCUT2D eigenvalue weighted by Gasteiger charge is 2.21. The van der Waals surface area contributed by atoms with E-state index in [1.54, 1.807) is 26.3 Å². The molecule has 134 valence electrons. The Hall–Kier alpha value is -2.56. The van der Waals surface area contributed by atoms with E-state index >= 15 is 0 Å². The van der Waals surface area contributed by atoms with Crippen molar-refractivity contribution < 1.29 is 9.13 Å². The molecule has 2 aromatic rings. The Bertz CT molecular complexity index is 728. The molecule has 0 heterocycles. The van der Waals surface area contributed by atoms with E-state index in [4.69, 9.17) is 4.74 Å². The van der Waals surface area contributed by atoms with Crippen molar-refractivity contribution in [2.24, 2.45) is 4.99 Å². The van der Waals surface area contributed by atoms with Crippen LogP contribution in [0.3, 0.4) is 0 Å². The molecule has 4 nitrogen and oxygen atoms in total. The molecular formula is C20H26FN3O. The highest BCUT2D eigenvalue weighted by atomic mass is 19.1. The Morgan fingerprint density at radius 1 is 1.12 bits per heavy atom. The van der Waals surface area contributed by atoms with Crippen molar-refractivity contribution in [1.29, 1.82) is 0 Å². The number of nitrogens with zero attached hydrogens (tertiary/aromatic N) is 1. The summed E-state index contributed by atoms with van der Waals surface area (Å²) in [7, 11) is 3.37. The monoisotopic (exact) mass is 343 g/mol. The number of ether oxygens (including phenoxy) is 1. The van der Waals surface area contributed by atoms with Gasteiger partial charge in [-0.15, -0.1) is 0 Å². The van der Waals surface area contributed by atoms with E-state index in [0.29, 0.717) is 24.6 Å². The van der Waals surface area contributed by atoms with E-state index in [1.807, 2.05) is 24.3 Å². The van der Waals surface area contributed by atoms with E-state index in [9.17, 15) is 4.39 Å². The molecule has 0 aliphatic heterocycles. The number of hydrogen-bond donors (Lipinski definition) is 2. The Labute approximate surface area is 149 Å². The summed E-state index contributed by atoms with van der Waals surface area (Å²) in [5, 5.41) is 6.46. The molecule has 0 atom stereocenters. The second kappa shape index (κ2) is 8.51. The molecule has 2 rings (SSSR count). The third-order valence-electron chi connectivity index (χ3n) is 4.18. The van der Waals surface area contributed by atoms with Gasteiger partial charge in [-0.3, -0.25) is 4.99 Å². The minimum atomic E-state index is -0.220. The molecule has 0 spiro atoms. The maximum absolute atomic E-state index is 13.7. The van der Waals surface area contributed by atoms with Gasteiger partial charge < -0.3 is 15.4 Å². The van der Waals surface area contributed by atoms with Crippen molar-refractivity contribution in [2.75, 3.05) is 20.7 Å². The van der Waals surface area contributed by atoms with Gasteiger partial charge in [-0.1, -0.05) is 44.2 Å². The van der Waals surface area contributed by atoms with Crippen molar-refractivity contribution >= 4 is 5.96 Å². The van der Waals surface area contributed by atoms with Crippen LogP contribution in [0.2, 0.25) is 0 Å². The lowest BCUT2D eigenvalue weighted by Gasteiger charge is -2.27. The highest BCUT2D eigenvalue weighted by Crippen LogP contribution is 2.25. The van der Waals surface area contributed by atoms with E-state index in [0.717, 1.165) is 5.75 Å². The van der Waals surface area contributed by atoms with Crippen molar-refractivity contribution in [3.05, 3.63) is 65.5 Å². The zero-order chi connectivity index (χ0) is 18.3. The summed E-state index contributed by atoms with van der Waals surface area (Å²) >= 11 is 0. The molecule has 0 aliphatic carbocycles. The maximum Gasteiger partial charge on any atom is 0.191 e. The molecule has 2 aromatic carbocycles. The molecule has 0 amide bonds. The normalized spacial score (nSPS) is 12.0. The van der Waals surface area contributed by atoms with Gasteiger partial charge in [0.15, 0.2) is 5.96 Å².